The van der Waals surface area contributed by atoms with Crippen LogP contribution in [0.2, 0.25) is 0 Å². The predicted molar refractivity (Wildman–Crippen MR) is 99.2 cm³/mol. The lowest BCUT2D eigenvalue weighted by Gasteiger charge is -2.57. The number of ether oxygens (including phenoxy) is 1. The number of piperidine rings is 3. The lowest BCUT2D eigenvalue weighted by atomic mass is 9.72. The number of rotatable bonds is 4. The number of carbonyl (C=O) groups is 1. The molecule has 1 aromatic heterocycles. The van der Waals surface area contributed by atoms with Gasteiger partial charge in [0, 0.05) is 38.1 Å². The predicted octanol–water partition coefficient (Wildman–Crippen LogP) is 1.25. The monoisotopic (exact) mass is 359 g/mol. The fourth-order valence-electron chi connectivity index (χ4n) is 5.13. The minimum atomic E-state index is 0.292. The largest absolute Gasteiger partial charge is 0.494 e. The first-order chi connectivity index (χ1) is 12.6. The summed E-state index contributed by atoms with van der Waals surface area (Å²) < 4.78 is 5.18. The molecule has 1 aromatic rings. The molecular weight excluding hydrogens is 330 g/mol. The summed E-state index contributed by atoms with van der Waals surface area (Å²) in [6.45, 7) is 2.78. The van der Waals surface area contributed by atoms with Crippen molar-refractivity contribution >= 4 is 11.9 Å². The van der Waals surface area contributed by atoms with Crippen molar-refractivity contribution in [3.05, 3.63) is 12.4 Å². The van der Waals surface area contributed by atoms with Gasteiger partial charge in [-0.15, -0.1) is 0 Å². The van der Waals surface area contributed by atoms with E-state index in [4.69, 9.17) is 4.74 Å². The third-order valence-corrected chi connectivity index (χ3v) is 6.18. The molecule has 0 N–H and O–H groups in total. The highest BCUT2D eigenvalue weighted by Crippen LogP contribution is 2.42. The Kier molecular flexibility index (Phi) is 4.73. The lowest BCUT2D eigenvalue weighted by Crippen LogP contribution is -2.67. The number of nitrogens with zero attached hydrogens (tertiary/aromatic N) is 5. The van der Waals surface area contributed by atoms with Gasteiger partial charge < -0.3 is 19.4 Å². The minimum absolute atomic E-state index is 0.292. The van der Waals surface area contributed by atoms with Crippen LogP contribution in [-0.4, -0.2) is 78.6 Å². The zero-order valence-electron chi connectivity index (χ0n) is 16.0. The first kappa shape index (κ1) is 17.5. The van der Waals surface area contributed by atoms with Gasteiger partial charge in [-0.05, 0) is 45.2 Å². The summed E-state index contributed by atoms with van der Waals surface area (Å²) in [5.41, 5.74) is 0. The van der Waals surface area contributed by atoms with Crippen LogP contribution in [0.1, 0.15) is 25.7 Å². The van der Waals surface area contributed by atoms with Crippen LogP contribution < -0.4 is 9.64 Å². The highest BCUT2D eigenvalue weighted by molar-refractivity contribution is 5.78. The van der Waals surface area contributed by atoms with E-state index in [-0.39, 0.29) is 0 Å². The number of hydrogen-bond donors (Lipinski definition) is 0. The third-order valence-electron chi connectivity index (χ3n) is 6.18. The average Bonchev–Trinajstić information content (AvgIpc) is 2.65. The second kappa shape index (κ2) is 7.02. The van der Waals surface area contributed by atoms with Crippen LogP contribution in [0.15, 0.2) is 12.4 Å². The second-order valence-corrected chi connectivity index (χ2v) is 8.17. The van der Waals surface area contributed by atoms with E-state index in [1.165, 1.54) is 6.42 Å². The SMILES string of the molecule is COc1cnc(N2C[C@H]3C[C@@H](C2)[C@H](CN(C)C)N2C(=O)CCC[C@@H]32)nc1. The van der Waals surface area contributed by atoms with E-state index in [0.29, 0.717) is 42.0 Å². The number of fused-ring (bicyclic) bond motifs is 4. The fraction of sp³-hybridized carbons (Fsp3) is 0.737. The average molecular weight is 359 g/mol. The van der Waals surface area contributed by atoms with Crippen LogP contribution in [0, 0.1) is 11.8 Å². The fourth-order valence-corrected chi connectivity index (χ4v) is 5.13. The molecule has 0 aliphatic carbocycles. The molecule has 4 atom stereocenters. The van der Waals surface area contributed by atoms with Gasteiger partial charge in [-0.2, -0.15) is 0 Å². The smallest absolute Gasteiger partial charge is 0.225 e. The molecule has 26 heavy (non-hydrogen) atoms. The first-order valence-electron chi connectivity index (χ1n) is 9.63. The van der Waals surface area contributed by atoms with Crippen molar-refractivity contribution in [2.45, 2.75) is 37.8 Å². The van der Waals surface area contributed by atoms with Gasteiger partial charge >= 0.3 is 0 Å². The van der Waals surface area contributed by atoms with Gasteiger partial charge in [0.25, 0.3) is 0 Å². The number of likely N-dealkylation sites (N-methyl/N-ethyl adjacent to an activating group) is 1. The minimum Gasteiger partial charge on any atom is -0.494 e. The molecular formula is C19H29N5O2. The van der Waals surface area contributed by atoms with Gasteiger partial charge in [-0.1, -0.05) is 0 Å². The van der Waals surface area contributed by atoms with Gasteiger partial charge in [0.1, 0.15) is 0 Å². The first-order valence-corrected chi connectivity index (χ1v) is 9.63. The second-order valence-electron chi connectivity index (χ2n) is 8.17. The van der Waals surface area contributed by atoms with Crippen LogP contribution in [0.25, 0.3) is 0 Å². The van der Waals surface area contributed by atoms with Gasteiger partial charge in [0.15, 0.2) is 5.75 Å². The molecule has 4 heterocycles. The Bertz CT molecular complexity index is 650. The maximum Gasteiger partial charge on any atom is 0.225 e. The Labute approximate surface area is 155 Å². The zero-order valence-corrected chi connectivity index (χ0v) is 16.0. The van der Waals surface area contributed by atoms with Crippen LogP contribution in [0.3, 0.4) is 0 Å². The van der Waals surface area contributed by atoms with Crippen molar-refractivity contribution in [3.63, 3.8) is 0 Å². The topological polar surface area (TPSA) is 61.8 Å². The van der Waals surface area contributed by atoms with Crippen LogP contribution in [0.4, 0.5) is 5.95 Å². The number of hydrogen-bond acceptors (Lipinski definition) is 6. The summed E-state index contributed by atoms with van der Waals surface area (Å²) in [7, 11) is 5.83. The standard InChI is InChI=1S/C19H29N5O2/c1-22(2)12-17-14-7-13(16-5-4-6-18(25)24(16)17)10-23(11-14)19-20-8-15(26-3)9-21-19/h8-9,13-14,16-17H,4-7,10-12H2,1-3H3/t13-,14+,16+,17+/m1/s1. The van der Waals surface area contributed by atoms with Gasteiger partial charge in [0.05, 0.1) is 19.5 Å². The van der Waals surface area contributed by atoms with Crippen LogP contribution in [-0.2, 0) is 4.79 Å². The summed E-state index contributed by atoms with van der Waals surface area (Å²) >= 11 is 0. The Morgan fingerprint density at radius 1 is 1.23 bits per heavy atom. The van der Waals surface area contributed by atoms with Crippen molar-refractivity contribution in [1.29, 1.82) is 0 Å². The summed E-state index contributed by atoms with van der Waals surface area (Å²) in [5.74, 6) is 2.80. The summed E-state index contributed by atoms with van der Waals surface area (Å²) in [6.07, 6.45) is 7.55. The van der Waals surface area contributed by atoms with Gasteiger partial charge in [-0.25, -0.2) is 9.97 Å². The number of aromatic nitrogens is 2. The van der Waals surface area contributed by atoms with Gasteiger partial charge in [0.2, 0.25) is 11.9 Å². The molecule has 0 spiro atoms. The molecule has 0 aromatic carbocycles. The molecule has 3 aliphatic heterocycles. The molecule has 3 fully saturated rings. The maximum atomic E-state index is 12.7. The molecule has 1 amide bonds. The van der Waals surface area contributed by atoms with E-state index in [2.05, 4.69) is 38.8 Å². The van der Waals surface area contributed by atoms with Crippen LogP contribution >= 0.6 is 0 Å². The summed E-state index contributed by atoms with van der Waals surface area (Å²) in [5, 5.41) is 0. The number of methoxy groups -OCH3 is 1. The van der Waals surface area contributed by atoms with E-state index in [0.717, 1.165) is 38.4 Å². The van der Waals surface area contributed by atoms with E-state index < -0.39 is 0 Å². The normalized spacial score (nSPS) is 31.2. The van der Waals surface area contributed by atoms with Crippen molar-refractivity contribution in [2.75, 3.05) is 45.7 Å². The molecule has 2 bridgehead atoms. The number of carbonyl (C=O) groups excluding carboxylic acids is 1. The van der Waals surface area contributed by atoms with Gasteiger partial charge in [-0.3, -0.25) is 4.79 Å². The number of anilines is 1. The van der Waals surface area contributed by atoms with E-state index in [9.17, 15) is 4.79 Å². The molecule has 4 rings (SSSR count). The molecule has 0 unspecified atom stereocenters. The Hall–Kier alpha value is -1.89. The third kappa shape index (κ3) is 3.13. The van der Waals surface area contributed by atoms with Crippen molar-refractivity contribution in [3.8, 4) is 5.75 Å². The van der Waals surface area contributed by atoms with Crippen LogP contribution in [0.5, 0.6) is 5.75 Å². The maximum absolute atomic E-state index is 12.7. The zero-order chi connectivity index (χ0) is 18.3. The highest BCUT2D eigenvalue weighted by atomic mass is 16.5. The molecule has 142 valence electrons. The number of amides is 1. The molecule has 7 heteroatoms. The Balaban J connectivity index is 1.60. The quantitative estimate of drug-likeness (QED) is 0.806. The molecule has 0 radical (unpaired) electrons. The molecule has 3 saturated heterocycles. The lowest BCUT2D eigenvalue weighted by molar-refractivity contribution is -0.149. The molecule has 7 nitrogen and oxygen atoms in total. The van der Waals surface area contributed by atoms with Crippen molar-refractivity contribution in [2.24, 2.45) is 11.8 Å². The van der Waals surface area contributed by atoms with E-state index in [1.807, 2.05) is 0 Å². The van der Waals surface area contributed by atoms with Crippen molar-refractivity contribution in [1.82, 2.24) is 19.8 Å². The van der Waals surface area contributed by atoms with Crippen molar-refractivity contribution < 1.29 is 9.53 Å². The summed E-state index contributed by atoms with van der Waals surface area (Å²) in [4.78, 5) is 28.5. The van der Waals surface area contributed by atoms with E-state index >= 15 is 0 Å². The summed E-state index contributed by atoms with van der Waals surface area (Å²) in [6, 6.07) is 0.665. The molecule has 3 aliphatic rings. The Morgan fingerprint density at radius 2 is 1.96 bits per heavy atom. The Morgan fingerprint density at radius 3 is 2.65 bits per heavy atom. The molecule has 0 saturated carbocycles. The van der Waals surface area contributed by atoms with E-state index in [1.54, 1.807) is 19.5 Å². The highest BCUT2D eigenvalue weighted by Gasteiger charge is 2.49.